The van der Waals surface area contributed by atoms with E-state index in [2.05, 4.69) is 110 Å². The first-order valence-corrected chi connectivity index (χ1v) is 20.1. The molecule has 1 fully saturated rings. The van der Waals surface area contributed by atoms with Gasteiger partial charge in [0.15, 0.2) is 0 Å². The number of H-pyrrole nitrogens is 1. The van der Waals surface area contributed by atoms with Crippen LogP contribution in [0.1, 0.15) is 74.4 Å². The molecule has 298 valence electrons. The number of benzene rings is 3. The summed E-state index contributed by atoms with van der Waals surface area (Å²) in [6.45, 7) is 7.23. The van der Waals surface area contributed by atoms with Crippen molar-refractivity contribution < 1.29 is 14.3 Å². The molecule has 0 aliphatic heterocycles. The molecule has 3 aromatic carbocycles. The Morgan fingerprint density at radius 1 is 0.929 bits per heavy atom. The van der Waals surface area contributed by atoms with E-state index in [0.29, 0.717) is 18.2 Å². The Hall–Kier alpha value is -5.26. The molecule has 3 atom stereocenters. The Bertz CT molecular complexity index is 1820. The van der Waals surface area contributed by atoms with Crippen molar-refractivity contribution in [2.45, 2.75) is 69.9 Å². The average Bonchev–Trinajstić information content (AvgIpc) is 3.90. The number of nitrogens with zero attached hydrogens (tertiary/aromatic N) is 3. The predicted octanol–water partition coefficient (Wildman–Crippen LogP) is 7.36. The summed E-state index contributed by atoms with van der Waals surface area (Å²) in [6, 6.07) is 26.0. The molecule has 1 aliphatic carbocycles. The lowest BCUT2D eigenvalue weighted by Gasteiger charge is -2.25. The second kappa shape index (κ2) is 22.3. The van der Waals surface area contributed by atoms with Crippen LogP contribution in [0.4, 0.5) is 4.79 Å². The second-order valence-corrected chi connectivity index (χ2v) is 14.7. The van der Waals surface area contributed by atoms with Gasteiger partial charge in [0, 0.05) is 38.3 Å². The van der Waals surface area contributed by atoms with E-state index in [-0.39, 0.29) is 5.91 Å². The molecule has 5 N–H and O–H groups in total. The number of hydrogen-bond acceptors (Lipinski definition) is 8. The number of imidazole rings is 1. The van der Waals surface area contributed by atoms with Crippen LogP contribution >= 0.6 is 0 Å². The van der Waals surface area contributed by atoms with Crippen LogP contribution in [-0.4, -0.2) is 87.0 Å². The molecule has 2 amide bonds. The highest BCUT2D eigenvalue weighted by Gasteiger charge is 2.26. The number of alkyl carbamates (subject to hydrolysis) is 1. The largest absolute Gasteiger partial charge is 0.453 e. The van der Waals surface area contributed by atoms with Crippen LogP contribution < -0.4 is 21.3 Å². The Balaban J connectivity index is 1.02. The SMILES string of the molecule is C=N/C=C(\NCCCCCNC(=O)C(NC(=O)OC)c1ccccc1)c1ccc(-c2ccc(-c3cnc(CCCCN(C)C[C@@H]4CCCC4NC)[nH]3)cc2)cc1. The van der Waals surface area contributed by atoms with Crippen LogP contribution in [0.3, 0.4) is 0 Å². The molecule has 11 heteroatoms. The van der Waals surface area contributed by atoms with Gasteiger partial charge in [-0.2, -0.15) is 0 Å². The first-order chi connectivity index (χ1) is 27.4. The molecule has 1 saturated carbocycles. The van der Waals surface area contributed by atoms with Gasteiger partial charge in [-0.15, -0.1) is 0 Å². The van der Waals surface area contributed by atoms with E-state index in [4.69, 9.17) is 4.74 Å². The number of carbonyl (C=O) groups is 2. The maximum atomic E-state index is 12.9. The van der Waals surface area contributed by atoms with Gasteiger partial charge in [0.1, 0.15) is 11.9 Å². The maximum absolute atomic E-state index is 12.9. The molecule has 1 heterocycles. The summed E-state index contributed by atoms with van der Waals surface area (Å²) in [7, 11) is 5.64. The molecule has 4 aromatic rings. The normalized spacial score (nSPS) is 16.0. The quantitative estimate of drug-likeness (QED) is 0.0418. The van der Waals surface area contributed by atoms with Crippen LogP contribution in [0, 0.1) is 5.92 Å². The number of aromatic nitrogens is 2. The van der Waals surface area contributed by atoms with Gasteiger partial charge in [0.05, 0.1) is 24.7 Å². The Morgan fingerprint density at radius 2 is 1.62 bits per heavy atom. The number of rotatable bonds is 22. The lowest BCUT2D eigenvalue weighted by molar-refractivity contribution is -0.123. The number of nitrogens with one attached hydrogen (secondary N) is 5. The standard InChI is InChI=1S/C45H60N8O3/c1-46-30-40(48-27-10-6-11-28-49-44(54)43(52-45(55)56-4)37-14-7-5-8-15-37)35-23-19-33(20-24-35)34-21-25-36(26-22-34)41-31-50-42(51-41)18-9-12-29-53(3)32-38-16-13-17-39(38)47-2/h5,7-8,14-15,19-26,30-31,38-39,43,47-48H,1,6,9-13,16-18,27-29,32H2,2-4H3,(H,49,54)(H,50,51)(H,52,55)/b40-30-/t38-,39?,43?/m0/s1. The van der Waals surface area contributed by atoms with Crippen molar-refractivity contribution in [1.82, 2.24) is 36.1 Å². The average molecular weight is 761 g/mol. The fourth-order valence-corrected chi connectivity index (χ4v) is 7.52. The topological polar surface area (TPSA) is 136 Å². The van der Waals surface area contributed by atoms with Crippen molar-refractivity contribution in [3.63, 3.8) is 0 Å². The predicted molar refractivity (Wildman–Crippen MR) is 227 cm³/mol. The summed E-state index contributed by atoms with van der Waals surface area (Å²) >= 11 is 0. The number of amides is 2. The molecule has 11 nitrogen and oxygen atoms in total. The lowest BCUT2D eigenvalue weighted by Crippen LogP contribution is -2.40. The molecule has 56 heavy (non-hydrogen) atoms. The number of methoxy groups -OCH3 is 1. The van der Waals surface area contributed by atoms with Gasteiger partial charge in [-0.1, -0.05) is 85.3 Å². The van der Waals surface area contributed by atoms with Gasteiger partial charge >= 0.3 is 6.09 Å². The highest BCUT2D eigenvalue weighted by molar-refractivity contribution is 5.86. The van der Waals surface area contributed by atoms with Gasteiger partial charge in [-0.05, 0) is 106 Å². The molecule has 1 aromatic heterocycles. The highest BCUT2D eigenvalue weighted by Crippen LogP contribution is 2.27. The molecule has 2 unspecified atom stereocenters. The van der Waals surface area contributed by atoms with E-state index < -0.39 is 12.1 Å². The zero-order valence-electron chi connectivity index (χ0n) is 33.4. The first-order valence-electron chi connectivity index (χ1n) is 20.1. The number of unbranched alkanes of at least 4 members (excludes halogenated alkanes) is 3. The van der Waals surface area contributed by atoms with E-state index in [1.165, 1.54) is 39.3 Å². The second-order valence-electron chi connectivity index (χ2n) is 14.7. The third kappa shape index (κ3) is 12.6. The van der Waals surface area contributed by atoms with Gasteiger partial charge < -0.3 is 35.9 Å². The van der Waals surface area contributed by atoms with Gasteiger partial charge in [0.2, 0.25) is 5.91 Å². The van der Waals surface area contributed by atoms with E-state index in [9.17, 15) is 9.59 Å². The summed E-state index contributed by atoms with van der Waals surface area (Å²) in [6.07, 6.45) is 12.9. The van der Waals surface area contributed by atoms with Gasteiger partial charge in [-0.3, -0.25) is 9.79 Å². The van der Waals surface area contributed by atoms with Crippen molar-refractivity contribution in [3.05, 3.63) is 108 Å². The molecule has 1 aliphatic rings. The van der Waals surface area contributed by atoms with Crippen LogP contribution in [0.2, 0.25) is 0 Å². The van der Waals surface area contributed by atoms with E-state index in [0.717, 1.165) is 90.6 Å². The summed E-state index contributed by atoms with van der Waals surface area (Å²) in [5, 5.41) is 12.5. The van der Waals surface area contributed by atoms with E-state index in [1.807, 2.05) is 24.4 Å². The molecule has 0 saturated heterocycles. The van der Waals surface area contributed by atoms with Crippen molar-refractivity contribution in [2.75, 3.05) is 47.4 Å². The zero-order valence-corrected chi connectivity index (χ0v) is 33.4. The highest BCUT2D eigenvalue weighted by atomic mass is 16.5. The monoisotopic (exact) mass is 760 g/mol. The number of aliphatic imine (C=N–C) groups is 1. The third-order valence-electron chi connectivity index (χ3n) is 10.7. The minimum absolute atomic E-state index is 0.272. The van der Waals surface area contributed by atoms with Crippen molar-refractivity contribution in [1.29, 1.82) is 0 Å². The van der Waals surface area contributed by atoms with E-state index >= 15 is 0 Å². The molecular weight excluding hydrogens is 701 g/mol. The van der Waals surface area contributed by atoms with Crippen LogP contribution in [-0.2, 0) is 16.0 Å². The zero-order chi connectivity index (χ0) is 39.5. The van der Waals surface area contributed by atoms with Crippen LogP contribution in [0.15, 0.2) is 96.3 Å². The van der Waals surface area contributed by atoms with Crippen molar-refractivity contribution >= 4 is 24.4 Å². The summed E-state index contributed by atoms with van der Waals surface area (Å²) in [5.41, 5.74) is 7.08. The number of aryl methyl sites for hydroxylation is 1. The Labute approximate surface area is 332 Å². The van der Waals surface area contributed by atoms with Crippen LogP contribution in [0.25, 0.3) is 28.1 Å². The summed E-state index contributed by atoms with van der Waals surface area (Å²) in [4.78, 5) is 39.4. The van der Waals surface area contributed by atoms with Gasteiger partial charge in [0.25, 0.3) is 0 Å². The first kappa shape index (κ1) is 41.9. The lowest BCUT2D eigenvalue weighted by atomic mass is 10.0. The molecule has 0 bridgehead atoms. The number of ether oxygens (including phenoxy) is 1. The Morgan fingerprint density at radius 3 is 2.32 bits per heavy atom. The van der Waals surface area contributed by atoms with Crippen LogP contribution in [0.5, 0.6) is 0 Å². The number of carbonyl (C=O) groups excluding carboxylic acids is 2. The summed E-state index contributed by atoms with van der Waals surface area (Å²) < 4.78 is 4.71. The number of hydrogen-bond donors (Lipinski definition) is 5. The molecule has 5 rings (SSSR count). The minimum atomic E-state index is -0.818. The molecular formula is C45H60N8O3. The maximum Gasteiger partial charge on any atom is 0.407 e. The minimum Gasteiger partial charge on any atom is -0.453 e. The molecule has 0 radical (unpaired) electrons. The third-order valence-corrected chi connectivity index (χ3v) is 10.7. The fraction of sp³-hybridized carbons (Fsp3) is 0.422. The molecule has 0 spiro atoms. The van der Waals surface area contributed by atoms with Crippen molar-refractivity contribution in [2.24, 2.45) is 10.9 Å². The Kier molecular flexibility index (Phi) is 16.7. The smallest absolute Gasteiger partial charge is 0.407 e. The van der Waals surface area contributed by atoms with Gasteiger partial charge in [-0.25, -0.2) is 9.78 Å². The fourth-order valence-electron chi connectivity index (χ4n) is 7.52. The van der Waals surface area contributed by atoms with Crippen molar-refractivity contribution in [3.8, 4) is 22.4 Å². The summed E-state index contributed by atoms with van der Waals surface area (Å²) in [5.74, 6) is 1.55. The van der Waals surface area contributed by atoms with E-state index in [1.54, 1.807) is 18.3 Å². The number of aromatic amines is 1.